The molecule has 0 saturated heterocycles. The van der Waals surface area contributed by atoms with Crippen LogP contribution in [-0.4, -0.2) is 23.0 Å². The van der Waals surface area contributed by atoms with Gasteiger partial charge in [0.15, 0.2) is 5.16 Å². The van der Waals surface area contributed by atoms with Crippen molar-refractivity contribution in [1.82, 2.24) is 9.97 Å². The molecule has 0 aliphatic heterocycles. The predicted molar refractivity (Wildman–Crippen MR) is 78.1 cm³/mol. The van der Waals surface area contributed by atoms with E-state index in [0.717, 1.165) is 5.69 Å². The predicted octanol–water partition coefficient (Wildman–Crippen LogP) is 2.96. The summed E-state index contributed by atoms with van der Waals surface area (Å²) in [6.07, 6.45) is 1.65. The molecule has 0 bridgehead atoms. The Morgan fingerprint density at radius 2 is 2.20 bits per heavy atom. The minimum absolute atomic E-state index is 0.299. The summed E-state index contributed by atoms with van der Waals surface area (Å²) in [5, 5.41) is 0.863. The maximum Gasteiger partial charge on any atom is 0.339 e. The second kappa shape index (κ2) is 6.11. The van der Waals surface area contributed by atoms with Gasteiger partial charge in [0.05, 0.1) is 17.7 Å². The van der Waals surface area contributed by atoms with E-state index in [0.29, 0.717) is 26.3 Å². The van der Waals surface area contributed by atoms with Crippen molar-refractivity contribution in [3.8, 4) is 0 Å². The smallest absolute Gasteiger partial charge is 0.339 e. The molecule has 1 aromatic heterocycles. The first-order valence-electron chi connectivity index (χ1n) is 5.66. The third-order valence-electron chi connectivity index (χ3n) is 2.44. The van der Waals surface area contributed by atoms with Gasteiger partial charge in [-0.2, -0.15) is 0 Å². The lowest BCUT2D eigenvalue weighted by atomic mass is 10.2. The van der Waals surface area contributed by atoms with E-state index in [9.17, 15) is 4.79 Å². The monoisotopic (exact) mass is 309 g/mol. The first-order chi connectivity index (χ1) is 9.51. The zero-order chi connectivity index (χ0) is 14.7. The number of aromatic nitrogens is 2. The number of anilines is 1. The number of rotatable bonds is 3. The van der Waals surface area contributed by atoms with Crippen molar-refractivity contribution in [2.45, 2.75) is 17.0 Å². The molecule has 104 valence electrons. The summed E-state index contributed by atoms with van der Waals surface area (Å²) in [6, 6.07) is 4.89. The quantitative estimate of drug-likeness (QED) is 0.533. The number of nitrogen functional groups attached to an aromatic ring is 1. The Bertz CT molecular complexity index is 664. The summed E-state index contributed by atoms with van der Waals surface area (Å²) in [7, 11) is 1.30. The Labute approximate surface area is 125 Å². The highest BCUT2D eigenvalue weighted by atomic mass is 35.5. The van der Waals surface area contributed by atoms with Crippen LogP contribution < -0.4 is 5.73 Å². The molecule has 20 heavy (non-hydrogen) atoms. The Morgan fingerprint density at radius 1 is 1.45 bits per heavy atom. The van der Waals surface area contributed by atoms with Crippen molar-refractivity contribution >= 4 is 35.0 Å². The average Bonchev–Trinajstić information content (AvgIpc) is 2.40. The molecule has 5 nitrogen and oxygen atoms in total. The van der Waals surface area contributed by atoms with E-state index >= 15 is 0 Å². The highest BCUT2D eigenvalue weighted by Crippen LogP contribution is 2.36. The largest absolute Gasteiger partial charge is 0.465 e. The maximum absolute atomic E-state index is 11.8. The number of hydrogen-bond acceptors (Lipinski definition) is 6. The van der Waals surface area contributed by atoms with Crippen LogP contribution in [0.3, 0.4) is 0 Å². The normalized spacial score (nSPS) is 10.3. The van der Waals surface area contributed by atoms with Crippen LogP contribution in [0.25, 0.3) is 0 Å². The summed E-state index contributed by atoms with van der Waals surface area (Å²) in [6.45, 7) is 1.86. The fourth-order valence-electron chi connectivity index (χ4n) is 1.55. The van der Waals surface area contributed by atoms with Crippen molar-refractivity contribution < 1.29 is 9.53 Å². The van der Waals surface area contributed by atoms with Crippen LogP contribution in [0.1, 0.15) is 16.1 Å². The van der Waals surface area contributed by atoms with Crippen LogP contribution in [0.15, 0.2) is 34.4 Å². The van der Waals surface area contributed by atoms with Gasteiger partial charge in [-0.1, -0.05) is 11.6 Å². The van der Waals surface area contributed by atoms with Gasteiger partial charge in [-0.05, 0) is 36.9 Å². The van der Waals surface area contributed by atoms with Gasteiger partial charge < -0.3 is 10.5 Å². The van der Waals surface area contributed by atoms with Gasteiger partial charge in [-0.3, -0.25) is 0 Å². The molecule has 0 atom stereocenters. The van der Waals surface area contributed by atoms with Crippen molar-refractivity contribution in [2.24, 2.45) is 0 Å². The van der Waals surface area contributed by atoms with Crippen molar-refractivity contribution in [2.75, 3.05) is 12.8 Å². The molecule has 0 radical (unpaired) electrons. The SMILES string of the molecule is COC(=O)c1cc(N)cc(Cl)c1Sc1nccc(C)n1. The number of aryl methyl sites for hydroxylation is 1. The van der Waals surface area contributed by atoms with E-state index in [1.807, 2.05) is 6.92 Å². The summed E-state index contributed by atoms with van der Waals surface area (Å²) >= 11 is 7.36. The summed E-state index contributed by atoms with van der Waals surface area (Å²) in [5.41, 5.74) is 7.23. The van der Waals surface area contributed by atoms with Crippen LogP contribution in [0, 0.1) is 6.92 Å². The second-order valence-electron chi connectivity index (χ2n) is 3.95. The molecule has 1 heterocycles. The van der Waals surface area contributed by atoms with E-state index in [1.165, 1.54) is 24.9 Å². The molecule has 2 aromatic rings. The van der Waals surface area contributed by atoms with Crippen LogP contribution >= 0.6 is 23.4 Å². The lowest BCUT2D eigenvalue weighted by Crippen LogP contribution is -2.05. The molecule has 7 heteroatoms. The standard InChI is InChI=1S/C13H12ClN3O2S/c1-7-3-4-16-13(17-7)20-11-9(12(18)19-2)5-8(15)6-10(11)14/h3-6H,15H2,1-2H3. The summed E-state index contributed by atoms with van der Waals surface area (Å²) in [5.74, 6) is -0.505. The third kappa shape index (κ3) is 3.20. The first-order valence-corrected chi connectivity index (χ1v) is 6.85. The Balaban J connectivity index is 2.47. The van der Waals surface area contributed by atoms with Crippen molar-refractivity contribution in [3.05, 3.63) is 40.7 Å². The number of nitrogens with zero attached hydrogens (tertiary/aromatic N) is 2. The summed E-state index contributed by atoms with van der Waals surface area (Å²) < 4.78 is 4.74. The zero-order valence-electron chi connectivity index (χ0n) is 10.9. The van der Waals surface area contributed by atoms with Crippen LogP contribution in [0.4, 0.5) is 5.69 Å². The van der Waals surface area contributed by atoms with Crippen LogP contribution in [0.5, 0.6) is 0 Å². The molecular weight excluding hydrogens is 298 g/mol. The molecule has 0 fully saturated rings. The number of benzene rings is 1. The lowest BCUT2D eigenvalue weighted by Gasteiger charge is -2.10. The maximum atomic E-state index is 11.8. The number of carbonyl (C=O) groups is 1. The highest BCUT2D eigenvalue weighted by Gasteiger charge is 2.18. The van der Waals surface area contributed by atoms with Gasteiger partial charge in [0.2, 0.25) is 0 Å². The number of hydrogen-bond donors (Lipinski definition) is 1. The fraction of sp³-hybridized carbons (Fsp3) is 0.154. The molecule has 0 aliphatic carbocycles. The molecule has 0 amide bonds. The van der Waals surface area contributed by atoms with Gasteiger partial charge in [0.1, 0.15) is 0 Å². The molecule has 0 unspecified atom stereocenters. The Hall–Kier alpha value is -1.79. The van der Waals surface area contributed by atoms with E-state index in [2.05, 4.69) is 9.97 Å². The van der Waals surface area contributed by atoms with E-state index in [-0.39, 0.29) is 0 Å². The zero-order valence-corrected chi connectivity index (χ0v) is 12.5. The van der Waals surface area contributed by atoms with E-state index in [4.69, 9.17) is 22.1 Å². The van der Waals surface area contributed by atoms with Gasteiger partial charge in [0, 0.05) is 22.5 Å². The number of methoxy groups -OCH3 is 1. The molecule has 0 spiro atoms. The lowest BCUT2D eigenvalue weighted by molar-refractivity contribution is 0.0597. The second-order valence-corrected chi connectivity index (χ2v) is 5.34. The number of nitrogens with two attached hydrogens (primary N) is 1. The van der Waals surface area contributed by atoms with Crippen LogP contribution in [-0.2, 0) is 4.74 Å². The minimum Gasteiger partial charge on any atom is -0.465 e. The van der Waals surface area contributed by atoms with Crippen molar-refractivity contribution in [1.29, 1.82) is 0 Å². The van der Waals surface area contributed by atoms with Gasteiger partial charge in [-0.15, -0.1) is 0 Å². The molecule has 2 N–H and O–H groups in total. The molecule has 0 aliphatic rings. The number of esters is 1. The molecule has 1 aromatic carbocycles. The molecular formula is C13H12ClN3O2S. The number of halogens is 1. The Morgan fingerprint density at radius 3 is 2.85 bits per heavy atom. The Kier molecular flexibility index (Phi) is 4.46. The van der Waals surface area contributed by atoms with Crippen molar-refractivity contribution in [3.63, 3.8) is 0 Å². The van der Waals surface area contributed by atoms with Crippen LogP contribution in [0.2, 0.25) is 5.02 Å². The molecule has 2 rings (SSSR count). The number of carbonyl (C=O) groups excluding carboxylic acids is 1. The summed E-state index contributed by atoms with van der Waals surface area (Å²) in [4.78, 5) is 20.7. The van der Waals surface area contributed by atoms with Gasteiger partial charge >= 0.3 is 5.97 Å². The van der Waals surface area contributed by atoms with Gasteiger partial charge in [-0.25, -0.2) is 14.8 Å². The fourth-order valence-corrected chi connectivity index (χ4v) is 2.78. The van der Waals surface area contributed by atoms with E-state index < -0.39 is 5.97 Å². The third-order valence-corrected chi connectivity index (χ3v) is 3.87. The average molecular weight is 310 g/mol. The topological polar surface area (TPSA) is 78.1 Å². The van der Waals surface area contributed by atoms with Gasteiger partial charge in [0.25, 0.3) is 0 Å². The number of ether oxygens (including phenoxy) is 1. The minimum atomic E-state index is -0.505. The first kappa shape index (κ1) is 14.6. The highest BCUT2D eigenvalue weighted by molar-refractivity contribution is 7.99. The van der Waals surface area contributed by atoms with E-state index in [1.54, 1.807) is 18.3 Å². The molecule has 0 saturated carbocycles.